The fourth-order valence-corrected chi connectivity index (χ4v) is 3.58. The molecule has 0 saturated carbocycles. The highest BCUT2D eigenvalue weighted by Crippen LogP contribution is 2.28. The third kappa shape index (κ3) is 4.00. The molecule has 4 rings (SSSR count). The van der Waals surface area contributed by atoms with Crippen LogP contribution in [0.1, 0.15) is 6.42 Å². The minimum absolute atomic E-state index is 0.00242. The maximum absolute atomic E-state index is 12.9. The molecule has 2 N–H and O–H groups in total. The number of aromatic nitrogens is 2. The Morgan fingerprint density at radius 2 is 2.00 bits per heavy atom. The molecule has 0 bridgehead atoms. The van der Waals surface area contributed by atoms with Gasteiger partial charge in [-0.3, -0.25) is 0 Å². The predicted molar refractivity (Wildman–Crippen MR) is 106 cm³/mol. The van der Waals surface area contributed by atoms with Gasteiger partial charge < -0.3 is 15.5 Å². The zero-order valence-corrected chi connectivity index (χ0v) is 15.9. The third-order valence-electron chi connectivity index (χ3n) is 4.50. The van der Waals surface area contributed by atoms with Crippen molar-refractivity contribution in [2.75, 3.05) is 23.3 Å². The number of hydrogen-bond donors (Lipinski definition) is 2. The van der Waals surface area contributed by atoms with Gasteiger partial charge in [-0.1, -0.05) is 15.9 Å². The van der Waals surface area contributed by atoms with E-state index in [0.717, 1.165) is 34.2 Å². The molecule has 1 atom stereocenters. The lowest BCUT2D eigenvalue weighted by Crippen LogP contribution is -2.39. The molecule has 1 unspecified atom stereocenters. The first-order valence-electron chi connectivity index (χ1n) is 8.57. The van der Waals surface area contributed by atoms with E-state index < -0.39 is 0 Å². The van der Waals surface area contributed by atoms with E-state index >= 15 is 0 Å². The number of nitrogens with zero attached hydrogens (tertiary/aromatic N) is 3. The Hall–Kier alpha value is -2.74. The second kappa shape index (κ2) is 7.48. The van der Waals surface area contributed by atoms with Crippen molar-refractivity contribution in [2.24, 2.45) is 0 Å². The molecule has 1 saturated heterocycles. The minimum Gasteiger partial charge on any atom is -0.354 e. The zero-order chi connectivity index (χ0) is 18.8. The number of urea groups is 1. The highest BCUT2D eigenvalue weighted by Gasteiger charge is 2.26. The van der Waals surface area contributed by atoms with Gasteiger partial charge in [0.1, 0.15) is 18.0 Å². The van der Waals surface area contributed by atoms with E-state index in [1.54, 1.807) is 6.33 Å². The van der Waals surface area contributed by atoms with Crippen LogP contribution in [0.2, 0.25) is 0 Å². The van der Waals surface area contributed by atoms with Gasteiger partial charge in [-0.2, -0.15) is 0 Å². The van der Waals surface area contributed by atoms with Gasteiger partial charge in [0.15, 0.2) is 0 Å². The number of carbonyl (C=O) groups is 1. The Kier molecular flexibility index (Phi) is 4.89. The van der Waals surface area contributed by atoms with Crippen LogP contribution >= 0.6 is 15.9 Å². The lowest BCUT2D eigenvalue weighted by Gasteiger charge is -2.19. The van der Waals surface area contributed by atoms with E-state index in [0.29, 0.717) is 12.2 Å². The highest BCUT2D eigenvalue weighted by atomic mass is 79.9. The number of anilines is 2. The molecule has 8 heteroatoms. The molecule has 2 heterocycles. The van der Waals surface area contributed by atoms with Crippen molar-refractivity contribution >= 4 is 44.4 Å². The van der Waals surface area contributed by atoms with Crippen LogP contribution in [0.5, 0.6) is 0 Å². The minimum atomic E-state index is -0.337. The first-order valence-corrected chi connectivity index (χ1v) is 9.36. The molecule has 1 aliphatic heterocycles. The topological polar surface area (TPSA) is 70.2 Å². The van der Waals surface area contributed by atoms with Crippen molar-refractivity contribution in [1.82, 2.24) is 15.3 Å². The lowest BCUT2D eigenvalue weighted by molar-refractivity contribution is 0.249. The molecule has 1 fully saturated rings. The molecule has 0 radical (unpaired) electrons. The first-order chi connectivity index (χ1) is 13.1. The Morgan fingerprint density at radius 1 is 1.19 bits per heavy atom. The Bertz CT molecular complexity index is 982. The Balaban J connectivity index is 1.42. The maximum atomic E-state index is 12.9. The number of rotatable bonds is 3. The number of halogens is 2. The second-order valence-corrected chi connectivity index (χ2v) is 7.31. The summed E-state index contributed by atoms with van der Waals surface area (Å²) < 4.78 is 13.9. The van der Waals surface area contributed by atoms with E-state index in [1.165, 1.54) is 24.3 Å². The molecule has 6 nitrogen and oxygen atoms in total. The summed E-state index contributed by atoms with van der Waals surface area (Å²) in [5.41, 5.74) is 1.43. The SMILES string of the molecule is O=C(Nc1ccc(F)cc1)NC1CCN(c2ncnc3ccc(Br)cc23)C1. The monoisotopic (exact) mass is 429 g/mol. The molecule has 3 aromatic rings. The second-order valence-electron chi connectivity index (χ2n) is 6.40. The summed E-state index contributed by atoms with van der Waals surface area (Å²) in [6.07, 6.45) is 2.38. The summed E-state index contributed by atoms with van der Waals surface area (Å²) in [4.78, 5) is 23.1. The summed E-state index contributed by atoms with van der Waals surface area (Å²) in [6.45, 7) is 1.45. The van der Waals surface area contributed by atoms with E-state index in [9.17, 15) is 9.18 Å². The average molecular weight is 430 g/mol. The predicted octanol–water partition coefficient (Wildman–Crippen LogP) is 3.93. The fraction of sp³-hybridized carbons (Fsp3) is 0.211. The third-order valence-corrected chi connectivity index (χ3v) is 4.99. The molecule has 0 aliphatic carbocycles. The van der Waals surface area contributed by atoms with Crippen LogP contribution in [-0.4, -0.2) is 35.1 Å². The van der Waals surface area contributed by atoms with Crippen molar-refractivity contribution in [1.29, 1.82) is 0 Å². The number of benzene rings is 2. The lowest BCUT2D eigenvalue weighted by atomic mass is 10.2. The average Bonchev–Trinajstić information content (AvgIpc) is 3.11. The van der Waals surface area contributed by atoms with Crippen LogP contribution < -0.4 is 15.5 Å². The number of hydrogen-bond acceptors (Lipinski definition) is 4. The molecular formula is C19H17BrFN5O. The van der Waals surface area contributed by atoms with Gasteiger partial charge in [-0.15, -0.1) is 0 Å². The van der Waals surface area contributed by atoms with E-state index in [2.05, 4.69) is 41.4 Å². The molecule has 1 aliphatic rings. The van der Waals surface area contributed by atoms with Gasteiger partial charge >= 0.3 is 6.03 Å². The van der Waals surface area contributed by atoms with Crippen LogP contribution in [-0.2, 0) is 0 Å². The fourth-order valence-electron chi connectivity index (χ4n) is 3.22. The van der Waals surface area contributed by atoms with Crippen molar-refractivity contribution in [2.45, 2.75) is 12.5 Å². The van der Waals surface area contributed by atoms with Gasteiger partial charge in [-0.25, -0.2) is 19.2 Å². The molecule has 138 valence electrons. The molecular weight excluding hydrogens is 413 g/mol. The van der Waals surface area contributed by atoms with Crippen LogP contribution in [0.25, 0.3) is 10.9 Å². The summed E-state index contributed by atoms with van der Waals surface area (Å²) in [5, 5.41) is 6.66. The van der Waals surface area contributed by atoms with E-state index in [-0.39, 0.29) is 17.9 Å². The number of nitrogens with one attached hydrogen (secondary N) is 2. The molecule has 2 aromatic carbocycles. The Labute approximate surface area is 163 Å². The molecule has 2 amide bonds. The maximum Gasteiger partial charge on any atom is 0.319 e. The number of carbonyl (C=O) groups excluding carboxylic acids is 1. The van der Waals surface area contributed by atoms with Gasteiger partial charge in [0, 0.05) is 34.7 Å². The largest absolute Gasteiger partial charge is 0.354 e. The summed E-state index contributed by atoms with van der Waals surface area (Å²) >= 11 is 3.49. The van der Waals surface area contributed by atoms with Gasteiger partial charge in [-0.05, 0) is 48.9 Å². The van der Waals surface area contributed by atoms with Crippen molar-refractivity contribution in [3.05, 3.63) is 59.1 Å². The van der Waals surface area contributed by atoms with E-state index in [1.807, 2.05) is 18.2 Å². The van der Waals surface area contributed by atoms with Crippen LogP contribution in [0, 0.1) is 5.82 Å². The number of fused-ring (bicyclic) bond motifs is 1. The summed E-state index contributed by atoms with van der Waals surface area (Å²) in [7, 11) is 0. The van der Waals surface area contributed by atoms with Gasteiger partial charge in [0.05, 0.1) is 5.52 Å². The van der Waals surface area contributed by atoms with Crippen molar-refractivity contribution in [3.63, 3.8) is 0 Å². The zero-order valence-electron chi connectivity index (χ0n) is 14.3. The molecule has 27 heavy (non-hydrogen) atoms. The van der Waals surface area contributed by atoms with E-state index in [4.69, 9.17) is 0 Å². The van der Waals surface area contributed by atoms with Crippen molar-refractivity contribution < 1.29 is 9.18 Å². The van der Waals surface area contributed by atoms with Gasteiger partial charge in [0.2, 0.25) is 0 Å². The van der Waals surface area contributed by atoms with Gasteiger partial charge in [0.25, 0.3) is 0 Å². The molecule has 0 spiro atoms. The quantitative estimate of drug-likeness (QED) is 0.661. The number of amides is 2. The van der Waals surface area contributed by atoms with Crippen LogP contribution in [0.15, 0.2) is 53.3 Å². The summed E-state index contributed by atoms with van der Waals surface area (Å²) in [6, 6.07) is 11.3. The smallest absolute Gasteiger partial charge is 0.319 e. The summed E-state index contributed by atoms with van der Waals surface area (Å²) in [5.74, 6) is 0.528. The van der Waals surface area contributed by atoms with Crippen LogP contribution in [0.3, 0.4) is 0 Å². The highest BCUT2D eigenvalue weighted by molar-refractivity contribution is 9.10. The first kappa shape index (κ1) is 17.7. The molecule has 1 aromatic heterocycles. The Morgan fingerprint density at radius 3 is 2.81 bits per heavy atom. The standard InChI is InChI=1S/C19H17BrFN5O/c20-12-1-6-17-16(9-12)18(23-11-22-17)26-8-7-15(10-26)25-19(27)24-14-4-2-13(21)3-5-14/h1-6,9,11,15H,7-8,10H2,(H2,24,25,27). The van der Waals surface area contributed by atoms with Crippen molar-refractivity contribution in [3.8, 4) is 0 Å². The normalized spacial score (nSPS) is 16.5. The van der Waals surface area contributed by atoms with Crippen LogP contribution in [0.4, 0.5) is 20.7 Å².